The summed E-state index contributed by atoms with van der Waals surface area (Å²) in [7, 11) is 0. The van der Waals surface area contributed by atoms with Gasteiger partial charge in [0.05, 0.1) is 0 Å². The van der Waals surface area contributed by atoms with E-state index in [1.165, 1.54) is 12.3 Å². The van der Waals surface area contributed by atoms with E-state index in [2.05, 4.69) is 18.8 Å². The van der Waals surface area contributed by atoms with Crippen molar-refractivity contribution in [1.82, 2.24) is 14.3 Å². The summed E-state index contributed by atoms with van der Waals surface area (Å²) < 4.78 is 14.7. The molecule has 0 aliphatic carbocycles. The van der Waals surface area contributed by atoms with Gasteiger partial charge in [-0.15, -0.1) is 0 Å². The van der Waals surface area contributed by atoms with Crippen molar-refractivity contribution in [3.05, 3.63) is 36.0 Å². The van der Waals surface area contributed by atoms with Crippen molar-refractivity contribution in [1.29, 1.82) is 0 Å². The van der Waals surface area contributed by atoms with Crippen molar-refractivity contribution in [3.63, 3.8) is 0 Å². The number of amides is 1. The largest absolute Gasteiger partial charge is 0.332 e. The predicted molar refractivity (Wildman–Crippen MR) is 74.1 cm³/mol. The highest BCUT2D eigenvalue weighted by Crippen LogP contribution is 2.24. The van der Waals surface area contributed by atoms with Gasteiger partial charge in [-0.1, -0.05) is 0 Å². The summed E-state index contributed by atoms with van der Waals surface area (Å²) in [4.78, 5) is 18.8. The fourth-order valence-electron chi connectivity index (χ4n) is 3.02. The third kappa shape index (κ3) is 2.17. The molecule has 1 aliphatic heterocycles. The molecular formula is C15H18FN3O. The Balaban J connectivity index is 1.95. The van der Waals surface area contributed by atoms with Crippen molar-refractivity contribution in [2.75, 3.05) is 0 Å². The van der Waals surface area contributed by atoms with Crippen LogP contribution in [0.3, 0.4) is 0 Å². The number of carbonyl (C=O) groups is 1. The molecule has 0 bridgehead atoms. The van der Waals surface area contributed by atoms with E-state index in [1.54, 1.807) is 16.7 Å². The van der Waals surface area contributed by atoms with E-state index in [4.69, 9.17) is 0 Å². The molecule has 0 spiro atoms. The van der Waals surface area contributed by atoms with Crippen molar-refractivity contribution in [2.45, 2.75) is 45.2 Å². The molecule has 1 aliphatic rings. The monoisotopic (exact) mass is 275 g/mol. The van der Waals surface area contributed by atoms with Crippen LogP contribution in [0.2, 0.25) is 0 Å². The average Bonchev–Trinajstić information content (AvgIpc) is 2.81. The fourth-order valence-corrected chi connectivity index (χ4v) is 3.02. The third-order valence-corrected chi connectivity index (χ3v) is 4.06. The minimum absolute atomic E-state index is 0.0613. The molecule has 2 aromatic rings. The highest BCUT2D eigenvalue weighted by Gasteiger charge is 2.30. The number of aromatic nitrogens is 2. The number of imidazole rings is 1. The smallest absolute Gasteiger partial charge is 0.274 e. The fraction of sp³-hybridized carbons (Fsp3) is 0.467. The van der Waals surface area contributed by atoms with Gasteiger partial charge in [0.15, 0.2) is 0 Å². The lowest BCUT2D eigenvalue weighted by atomic mass is 9.97. The third-order valence-electron chi connectivity index (χ3n) is 4.06. The zero-order valence-electron chi connectivity index (χ0n) is 11.7. The Labute approximate surface area is 117 Å². The van der Waals surface area contributed by atoms with E-state index in [0.29, 0.717) is 11.3 Å². The quantitative estimate of drug-likeness (QED) is 0.802. The van der Waals surface area contributed by atoms with Crippen LogP contribution in [-0.2, 0) is 0 Å². The zero-order chi connectivity index (χ0) is 14.3. The van der Waals surface area contributed by atoms with Crippen LogP contribution < -0.4 is 0 Å². The maximum absolute atomic E-state index is 13.2. The molecular weight excluding hydrogens is 257 g/mol. The second kappa shape index (κ2) is 4.89. The summed E-state index contributed by atoms with van der Waals surface area (Å²) in [6.07, 6.45) is 6.15. The Morgan fingerprint density at radius 3 is 2.65 bits per heavy atom. The molecule has 20 heavy (non-hydrogen) atoms. The number of halogens is 1. The minimum Gasteiger partial charge on any atom is -0.332 e. The van der Waals surface area contributed by atoms with Gasteiger partial charge in [0.2, 0.25) is 0 Å². The molecule has 0 N–H and O–H groups in total. The van der Waals surface area contributed by atoms with E-state index >= 15 is 0 Å². The van der Waals surface area contributed by atoms with Crippen molar-refractivity contribution >= 4 is 11.6 Å². The van der Waals surface area contributed by atoms with Crippen LogP contribution in [0.5, 0.6) is 0 Å². The molecule has 0 saturated carbocycles. The Bertz CT molecular complexity index is 642. The lowest BCUT2D eigenvalue weighted by Crippen LogP contribution is -2.47. The Hall–Kier alpha value is -1.91. The molecule has 0 aromatic carbocycles. The van der Waals surface area contributed by atoms with Gasteiger partial charge in [0.25, 0.3) is 5.91 Å². The average molecular weight is 275 g/mol. The number of carbonyl (C=O) groups excluding carboxylic acids is 1. The van der Waals surface area contributed by atoms with Gasteiger partial charge in [-0.3, -0.25) is 4.79 Å². The lowest BCUT2D eigenvalue weighted by Gasteiger charge is -2.38. The van der Waals surface area contributed by atoms with Crippen molar-refractivity contribution in [2.24, 2.45) is 0 Å². The predicted octanol–water partition coefficient (Wildman–Crippen LogP) is 2.88. The van der Waals surface area contributed by atoms with Crippen LogP contribution in [-0.4, -0.2) is 32.3 Å². The second-order valence-corrected chi connectivity index (χ2v) is 5.58. The number of pyridine rings is 1. The van der Waals surface area contributed by atoms with Gasteiger partial charge in [-0.25, -0.2) is 9.37 Å². The Kier molecular flexibility index (Phi) is 3.20. The first-order valence-electron chi connectivity index (χ1n) is 7.03. The Morgan fingerprint density at radius 1 is 1.25 bits per heavy atom. The molecule has 4 nitrogen and oxygen atoms in total. The number of likely N-dealkylation sites (tertiary alicyclic amines) is 1. The summed E-state index contributed by atoms with van der Waals surface area (Å²) in [5.41, 5.74) is 0.975. The maximum Gasteiger partial charge on any atom is 0.274 e. The first-order valence-corrected chi connectivity index (χ1v) is 7.03. The zero-order valence-corrected chi connectivity index (χ0v) is 11.7. The van der Waals surface area contributed by atoms with Gasteiger partial charge in [0.1, 0.15) is 17.2 Å². The van der Waals surface area contributed by atoms with Gasteiger partial charge in [0, 0.05) is 24.5 Å². The number of fused-ring (bicyclic) bond motifs is 1. The number of nitrogens with zero attached hydrogens (tertiary/aromatic N) is 3. The van der Waals surface area contributed by atoms with Gasteiger partial charge in [-0.05, 0) is 45.2 Å². The van der Waals surface area contributed by atoms with E-state index in [0.717, 1.165) is 19.3 Å². The van der Waals surface area contributed by atoms with E-state index in [1.807, 2.05) is 4.90 Å². The van der Waals surface area contributed by atoms with Crippen LogP contribution in [0.25, 0.3) is 5.65 Å². The van der Waals surface area contributed by atoms with E-state index < -0.39 is 0 Å². The van der Waals surface area contributed by atoms with Crippen LogP contribution in [0.1, 0.15) is 43.6 Å². The first-order chi connectivity index (χ1) is 9.56. The van der Waals surface area contributed by atoms with E-state index in [9.17, 15) is 9.18 Å². The molecule has 2 atom stereocenters. The highest BCUT2D eigenvalue weighted by atomic mass is 19.1. The molecule has 3 rings (SSSR count). The topological polar surface area (TPSA) is 37.6 Å². The number of hydrogen-bond donors (Lipinski definition) is 0. The van der Waals surface area contributed by atoms with Crippen molar-refractivity contribution < 1.29 is 9.18 Å². The molecule has 5 heteroatoms. The van der Waals surface area contributed by atoms with Gasteiger partial charge >= 0.3 is 0 Å². The minimum atomic E-state index is -0.339. The summed E-state index contributed by atoms with van der Waals surface area (Å²) in [5, 5.41) is 0. The lowest BCUT2D eigenvalue weighted by molar-refractivity contribution is 0.0505. The summed E-state index contributed by atoms with van der Waals surface area (Å²) in [6.45, 7) is 4.14. The molecule has 0 radical (unpaired) electrons. The molecule has 2 unspecified atom stereocenters. The number of piperidine rings is 1. The van der Waals surface area contributed by atoms with Crippen LogP contribution in [0.4, 0.5) is 4.39 Å². The van der Waals surface area contributed by atoms with Crippen LogP contribution in [0, 0.1) is 5.82 Å². The second-order valence-electron chi connectivity index (χ2n) is 5.58. The van der Waals surface area contributed by atoms with Crippen LogP contribution in [0.15, 0.2) is 24.5 Å². The summed E-state index contributed by atoms with van der Waals surface area (Å²) in [6, 6.07) is 3.39. The number of rotatable bonds is 1. The first kappa shape index (κ1) is 13.1. The van der Waals surface area contributed by atoms with Crippen LogP contribution >= 0.6 is 0 Å². The highest BCUT2D eigenvalue weighted by molar-refractivity contribution is 5.93. The SMILES string of the molecule is CC1CCCC(C)N1C(=O)c1cn2cc(F)ccc2n1. The molecule has 1 amide bonds. The molecule has 2 aromatic heterocycles. The molecule has 3 heterocycles. The molecule has 1 saturated heterocycles. The van der Waals surface area contributed by atoms with Gasteiger partial charge in [-0.2, -0.15) is 0 Å². The summed E-state index contributed by atoms with van der Waals surface area (Å²) >= 11 is 0. The van der Waals surface area contributed by atoms with Gasteiger partial charge < -0.3 is 9.30 Å². The standard InChI is InChI=1S/C15H18FN3O/c1-10-4-3-5-11(2)19(10)15(20)13-9-18-8-12(16)6-7-14(18)17-13/h6-11H,3-5H2,1-2H3. The molecule has 1 fully saturated rings. The molecule has 106 valence electrons. The van der Waals surface area contributed by atoms with Crippen molar-refractivity contribution in [3.8, 4) is 0 Å². The Morgan fingerprint density at radius 2 is 1.95 bits per heavy atom. The van der Waals surface area contributed by atoms with E-state index in [-0.39, 0.29) is 23.8 Å². The maximum atomic E-state index is 13.2. The normalized spacial score (nSPS) is 23.2. The number of hydrogen-bond acceptors (Lipinski definition) is 2. The summed E-state index contributed by atoms with van der Waals surface area (Å²) in [5.74, 6) is -0.401.